The quantitative estimate of drug-likeness (QED) is 0.704. The molecule has 0 aromatic rings. The summed E-state index contributed by atoms with van der Waals surface area (Å²) in [4.78, 5) is 14.6. The van der Waals surface area contributed by atoms with Gasteiger partial charge in [-0.15, -0.1) is 0 Å². The van der Waals surface area contributed by atoms with Gasteiger partial charge < -0.3 is 10.5 Å². The zero-order valence-corrected chi connectivity index (χ0v) is 13.7. The zero-order chi connectivity index (χ0) is 15.5. The predicted octanol–water partition coefficient (Wildman–Crippen LogP) is 1.12. The molecule has 2 fully saturated rings. The largest absolute Gasteiger partial charge is 0.377 e. The van der Waals surface area contributed by atoms with Gasteiger partial charge in [-0.2, -0.15) is 0 Å². The van der Waals surface area contributed by atoms with Gasteiger partial charge in [-0.1, -0.05) is 0 Å². The predicted molar refractivity (Wildman–Crippen MR) is 84.0 cm³/mol. The Balaban J connectivity index is 2.05. The second-order valence-corrected chi connectivity index (χ2v) is 6.86. The van der Waals surface area contributed by atoms with E-state index in [1.165, 1.54) is 0 Å². The third kappa shape index (κ3) is 4.18. The van der Waals surface area contributed by atoms with E-state index in [4.69, 9.17) is 10.5 Å². The number of piperidine rings is 1. The molecule has 1 amide bonds. The first-order valence-corrected chi connectivity index (χ1v) is 8.39. The van der Waals surface area contributed by atoms with E-state index in [1.54, 1.807) is 0 Å². The van der Waals surface area contributed by atoms with Crippen molar-refractivity contribution in [2.75, 3.05) is 26.2 Å². The molecule has 3 N–H and O–H groups in total. The molecule has 1 aliphatic heterocycles. The molecule has 2 rings (SSSR count). The Labute approximate surface area is 128 Å². The number of likely N-dealkylation sites (tertiary alicyclic amines) is 1. The van der Waals surface area contributed by atoms with E-state index in [-0.39, 0.29) is 11.9 Å². The van der Waals surface area contributed by atoms with Crippen LogP contribution >= 0.6 is 0 Å². The van der Waals surface area contributed by atoms with E-state index in [9.17, 15) is 4.79 Å². The lowest BCUT2D eigenvalue weighted by Crippen LogP contribution is -2.65. The highest BCUT2D eigenvalue weighted by Gasteiger charge is 2.51. The number of ether oxygens (including phenoxy) is 1. The van der Waals surface area contributed by atoms with Crippen LogP contribution in [0.25, 0.3) is 0 Å². The molecule has 1 heterocycles. The van der Waals surface area contributed by atoms with Gasteiger partial charge in [-0.25, -0.2) is 0 Å². The van der Waals surface area contributed by atoms with E-state index in [0.29, 0.717) is 12.0 Å². The number of hydrogen-bond acceptors (Lipinski definition) is 4. The summed E-state index contributed by atoms with van der Waals surface area (Å²) >= 11 is 0. The fourth-order valence-electron chi connectivity index (χ4n) is 3.62. The van der Waals surface area contributed by atoms with Crippen molar-refractivity contribution in [1.82, 2.24) is 10.2 Å². The van der Waals surface area contributed by atoms with Gasteiger partial charge in [0.15, 0.2) is 0 Å². The second-order valence-electron chi connectivity index (χ2n) is 6.86. The van der Waals surface area contributed by atoms with Crippen LogP contribution in [-0.4, -0.2) is 54.7 Å². The molecule has 2 unspecified atom stereocenters. The van der Waals surface area contributed by atoms with E-state index >= 15 is 0 Å². The van der Waals surface area contributed by atoms with Crippen LogP contribution in [0.4, 0.5) is 0 Å². The second kappa shape index (κ2) is 7.07. The molecular formula is C16H31N3O2. The fraction of sp³-hybridized carbons (Fsp3) is 0.938. The first kappa shape index (κ1) is 16.7. The topological polar surface area (TPSA) is 67.6 Å². The first-order chi connectivity index (χ1) is 9.98. The maximum absolute atomic E-state index is 12.2. The lowest BCUT2D eigenvalue weighted by Gasteiger charge is -2.41. The standard InChI is InChI=1S/C16H31N3O2/c1-4-21-14-6-5-9-19(10-14)11-16(15(17)20,13-7-8-13)18-12(2)3/h12-14,18H,4-11H2,1-3H3,(H2,17,20). The number of primary amides is 1. The molecule has 122 valence electrons. The summed E-state index contributed by atoms with van der Waals surface area (Å²) in [7, 11) is 0. The van der Waals surface area contributed by atoms with Gasteiger partial charge in [0.05, 0.1) is 6.10 Å². The number of nitrogens with zero attached hydrogens (tertiary/aromatic N) is 1. The lowest BCUT2D eigenvalue weighted by atomic mass is 9.89. The Morgan fingerprint density at radius 2 is 2.14 bits per heavy atom. The van der Waals surface area contributed by atoms with Crippen LogP contribution in [0.3, 0.4) is 0 Å². The summed E-state index contributed by atoms with van der Waals surface area (Å²) in [6.45, 7) is 9.62. The summed E-state index contributed by atoms with van der Waals surface area (Å²) in [5.41, 5.74) is 5.24. The molecule has 0 spiro atoms. The lowest BCUT2D eigenvalue weighted by molar-refractivity contribution is -0.127. The number of amides is 1. The van der Waals surface area contributed by atoms with Crippen LogP contribution in [0.5, 0.6) is 0 Å². The van der Waals surface area contributed by atoms with Gasteiger partial charge in [0.25, 0.3) is 0 Å². The van der Waals surface area contributed by atoms with Gasteiger partial charge >= 0.3 is 0 Å². The highest BCUT2D eigenvalue weighted by atomic mass is 16.5. The molecule has 0 bridgehead atoms. The van der Waals surface area contributed by atoms with E-state index < -0.39 is 5.54 Å². The summed E-state index contributed by atoms with van der Waals surface area (Å²) in [6, 6.07) is 0.255. The Morgan fingerprint density at radius 1 is 1.43 bits per heavy atom. The van der Waals surface area contributed by atoms with Crippen LogP contribution in [0.15, 0.2) is 0 Å². The number of nitrogens with one attached hydrogen (secondary N) is 1. The molecular weight excluding hydrogens is 266 g/mol. The minimum absolute atomic E-state index is 0.197. The molecule has 5 nitrogen and oxygen atoms in total. The molecule has 2 aliphatic rings. The fourth-order valence-corrected chi connectivity index (χ4v) is 3.62. The third-order valence-electron chi connectivity index (χ3n) is 4.60. The van der Waals surface area contributed by atoms with Gasteiger partial charge in [-0.05, 0) is 58.9 Å². The SMILES string of the molecule is CCOC1CCCN(CC(NC(C)C)(C(N)=O)C2CC2)C1. The molecule has 0 radical (unpaired) electrons. The third-order valence-corrected chi connectivity index (χ3v) is 4.60. The van der Waals surface area contributed by atoms with Crippen molar-refractivity contribution >= 4 is 5.91 Å². The summed E-state index contributed by atoms with van der Waals surface area (Å²) in [5, 5.41) is 3.49. The molecule has 21 heavy (non-hydrogen) atoms. The molecule has 5 heteroatoms. The van der Waals surface area contributed by atoms with Crippen molar-refractivity contribution in [2.24, 2.45) is 11.7 Å². The summed E-state index contributed by atoms with van der Waals surface area (Å²) in [5.74, 6) is 0.196. The molecule has 1 saturated heterocycles. The van der Waals surface area contributed by atoms with Gasteiger partial charge in [0.2, 0.25) is 5.91 Å². The molecule has 0 aromatic carbocycles. The maximum atomic E-state index is 12.2. The molecule has 2 atom stereocenters. The van der Waals surface area contributed by atoms with Crippen LogP contribution in [0, 0.1) is 5.92 Å². The van der Waals surface area contributed by atoms with Crippen molar-refractivity contribution in [2.45, 2.75) is 64.1 Å². The number of rotatable bonds is 8. The molecule has 1 saturated carbocycles. The average Bonchev–Trinajstić information content (AvgIpc) is 3.22. The number of carbonyl (C=O) groups excluding carboxylic acids is 1. The minimum Gasteiger partial charge on any atom is -0.377 e. The average molecular weight is 297 g/mol. The van der Waals surface area contributed by atoms with Crippen LogP contribution in [0.2, 0.25) is 0 Å². The van der Waals surface area contributed by atoms with Crippen LogP contribution in [0.1, 0.15) is 46.5 Å². The zero-order valence-electron chi connectivity index (χ0n) is 13.7. The van der Waals surface area contributed by atoms with E-state index in [2.05, 4.69) is 24.1 Å². The Morgan fingerprint density at radius 3 is 2.67 bits per heavy atom. The number of hydrogen-bond donors (Lipinski definition) is 2. The number of carbonyl (C=O) groups is 1. The summed E-state index contributed by atoms with van der Waals surface area (Å²) in [6.07, 6.45) is 4.75. The Kier molecular flexibility index (Phi) is 5.63. The number of nitrogens with two attached hydrogens (primary N) is 1. The molecule has 1 aliphatic carbocycles. The molecule has 0 aromatic heterocycles. The van der Waals surface area contributed by atoms with E-state index in [1.807, 2.05) is 6.92 Å². The first-order valence-electron chi connectivity index (χ1n) is 8.39. The minimum atomic E-state index is -0.567. The van der Waals surface area contributed by atoms with Crippen molar-refractivity contribution in [3.05, 3.63) is 0 Å². The smallest absolute Gasteiger partial charge is 0.239 e. The van der Waals surface area contributed by atoms with Gasteiger partial charge in [-0.3, -0.25) is 15.0 Å². The van der Waals surface area contributed by atoms with Crippen LogP contribution < -0.4 is 11.1 Å². The van der Waals surface area contributed by atoms with E-state index in [0.717, 1.165) is 51.9 Å². The highest BCUT2D eigenvalue weighted by Crippen LogP contribution is 2.40. The van der Waals surface area contributed by atoms with Crippen molar-refractivity contribution in [1.29, 1.82) is 0 Å². The van der Waals surface area contributed by atoms with Crippen molar-refractivity contribution in [3.63, 3.8) is 0 Å². The van der Waals surface area contributed by atoms with Gasteiger partial charge in [0, 0.05) is 25.7 Å². The summed E-state index contributed by atoms with van der Waals surface area (Å²) < 4.78 is 5.77. The normalized spacial score (nSPS) is 26.8. The van der Waals surface area contributed by atoms with Crippen molar-refractivity contribution < 1.29 is 9.53 Å². The Bertz CT molecular complexity index is 355. The van der Waals surface area contributed by atoms with Gasteiger partial charge in [0.1, 0.15) is 5.54 Å². The van der Waals surface area contributed by atoms with Crippen molar-refractivity contribution in [3.8, 4) is 0 Å². The van der Waals surface area contributed by atoms with Crippen LogP contribution in [-0.2, 0) is 9.53 Å². The maximum Gasteiger partial charge on any atom is 0.239 e. The Hall–Kier alpha value is -0.650. The highest BCUT2D eigenvalue weighted by molar-refractivity contribution is 5.86. The monoisotopic (exact) mass is 297 g/mol.